The zero-order valence-corrected chi connectivity index (χ0v) is 12.3. The number of urea groups is 1. The number of nitrogens with zero attached hydrogens (tertiary/aromatic N) is 1. The summed E-state index contributed by atoms with van der Waals surface area (Å²) in [6.45, 7) is 2.36. The summed E-state index contributed by atoms with van der Waals surface area (Å²) >= 11 is 0. The van der Waals surface area contributed by atoms with Crippen LogP contribution in [0.3, 0.4) is 0 Å². The van der Waals surface area contributed by atoms with E-state index in [-0.39, 0.29) is 42.9 Å². The maximum absolute atomic E-state index is 12.2. The second-order valence-corrected chi connectivity index (χ2v) is 5.84. The monoisotopic (exact) mass is 297 g/mol. The number of hydrogen-bond donors (Lipinski definition) is 3. The van der Waals surface area contributed by atoms with E-state index in [1.807, 2.05) is 11.8 Å². The highest BCUT2D eigenvalue weighted by atomic mass is 16.4. The Morgan fingerprint density at radius 3 is 2.29 bits per heavy atom. The zero-order chi connectivity index (χ0) is 15.4. The fraction of sp³-hybridized carbons (Fsp3) is 0.786. The van der Waals surface area contributed by atoms with Crippen LogP contribution in [0.2, 0.25) is 0 Å². The van der Waals surface area contributed by atoms with Crippen LogP contribution in [0.5, 0.6) is 0 Å². The van der Waals surface area contributed by atoms with E-state index >= 15 is 0 Å². The summed E-state index contributed by atoms with van der Waals surface area (Å²) < 4.78 is 0. The number of rotatable bonds is 5. The largest absolute Gasteiger partial charge is 0.481 e. The highest BCUT2D eigenvalue weighted by molar-refractivity contribution is 5.84. The molecule has 0 aromatic heterocycles. The van der Waals surface area contributed by atoms with Crippen LogP contribution in [-0.2, 0) is 9.59 Å². The van der Waals surface area contributed by atoms with Gasteiger partial charge < -0.3 is 20.6 Å². The van der Waals surface area contributed by atoms with Gasteiger partial charge in [-0.25, -0.2) is 4.79 Å². The summed E-state index contributed by atoms with van der Waals surface area (Å²) in [6.07, 6.45) is 3.53. The molecule has 2 saturated heterocycles. The van der Waals surface area contributed by atoms with E-state index in [0.29, 0.717) is 6.54 Å². The molecule has 7 nitrogen and oxygen atoms in total. The minimum atomic E-state index is -0.770. The predicted molar refractivity (Wildman–Crippen MR) is 75.7 cm³/mol. The summed E-state index contributed by atoms with van der Waals surface area (Å²) in [7, 11) is 0. The van der Waals surface area contributed by atoms with Gasteiger partial charge in [0.15, 0.2) is 0 Å². The van der Waals surface area contributed by atoms with Gasteiger partial charge >= 0.3 is 12.0 Å². The average Bonchev–Trinajstić information content (AvgIpc) is 2.67. The molecule has 21 heavy (non-hydrogen) atoms. The van der Waals surface area contributed by atoms with Gasteiger partial charge in [0.1, 0.15) is 0 Å². The van der Waals surface area contributed by atoms with E-state index < -0.39 is 5.97 Å². The quantitative estimate of drug-likeness (QED) is 0.690. The summed E-state index contributed by atoms with van der Waals surface area (Å²) in [4.78, 5) is 36.2. The number of hydrogen-bond acceptors (Lipinski definition) is 3. The van der Waals surface area contributed by atoms with Crippen LogP contribution in [0.4, 0.5) is 4.79 Å². The van der Waals surface area contributed by atoms with E-state index in [0.717, 1.165) is 25.7 Å². The van der Waals surface area contributed by atoms with Gasteiger partial charge in [-0.1, -0.05) is 0 Å². The lowest BCUT2D eigenvalue weighted by atomic mass is 9.88. The smallest absolute Gasteiger partial charge is 0.318 e. The minimum absolute atomic E-state index is 0.0127. The molecule has 0 aromatic rings. The van der Waals surface area contributed by atoms with Crippen molar-refractivity contribution in [1.29, 1.82) is 0 Å². The molecule has 2 rings (SSSR count). The number of fused-ring (bicyclic) bond motifs is 2. The van der Waals surface area contributed by atoms with E-state index in [1.54, 1.807) is 0 Å². The number of aliphatic carboxylic acids is 1. The van der Waals surface area contributed by atoms with Crippen molar-refractivity contribution in [3.05, 3.63) is 0 Å². The molecule has 3 N–H and O–H groups in total. The fourth-order valence-electron chi connectivity index (χ4n) is 3.54. The van der Waals surface area contributed by atoms with E-state index in [9.17, 15) is 14.4 Å². The molecule has 0 aromatic carbocycles. The molecule has 3 amide bonds. The number of nitrogens with one attached hydrogen (secondary N) is 2. The third kappa shape index (κ3) is 3.86. The van der Waals surface area contributed by atoms with Crippen LogP contribution in [0.1, 0.15) is 39.0 Å². The molecular formula is C14H23N3O4. The standard InChI is InChI=1S/C14H23N3O4/c1-2-15-12(18)8-16-14(21)17-10-3-4-11(17)6-9(5-10)7-13(19)20/h9-11H,2-8H2,1H3,(H,15,18)(H,16,21)(H,19,20). The number of piperidine rings is 1. The van der Waals surface area contributed by atoms with Crippen LogP contribution < -0.4 is 10.6 Å². The Hall–Kier alpha value is -1.79. The second-order valence-electron chi connectivity index (χ2n) is 5.84. The molecule has 2 fully saturated rings. The lowest BCUT2D eigenvalue weighted by Crippen LogP contribution is -2.52. The molecule has 2 atom stereocenters. The Morgan fingerprint density at radius 2 is 1.76 bits per heavy atom. The highest BCUT2D eigenvalue weighted by Crippen LogP contribution is 2.39. The Bertz CT molecular complexity index is 412. The van der Waals surface area contributed by atoms with E-state index in [2.05, 4.69) is 10.6 Å². The van der Waals surface area contributed by atoms with Gasteiger partial charge in [0.05, 0.1) is 6.54 Å². The van der Waals surface area contributed by atoms with Gasteiger partial charge in [-0.15, -0.1) is 0 Å². The SMILES string of the molecule is CCNC(=O)CNC(=O)N1C2CCC1CC(CC(=O)O)C2. The van der Waals surface area contributed by atoms with Crippen molar-refractivity contribution in [3.8, 4) is 0 Å². The molecule has 2 aliphatic heterocycles. The Kier molecular flexibility index (Phi) is 5.03. The second kappa shape index (κ2) is 6.78. The lowest BCUT2D eigenvalue weighted by molar-refractivity contribution is -0.138. The van der Waals surface area contributed by atoms with Crippen LogP contribution >= 0.6 is 0 Å². The Morgan fingerprint density at radius 1 is 1.14 bits per heavy atom. The Balaban J connectivity index is 1.86. The van der Waals surface area contributed by atoms with Crippen molar-refractivity contribution < 1.29 is 19.5 Å². The van der Waals surface area contributed by atoms with Crippen molar-refractivity contribution in [2.75, 3.05) is 13.1 Å². The molecule has 2 bridgehead atoms. The number of carboxylic acid groups (broad SMARTS) is 1. The van der Waals surface area contributed by atoms with Crippen LogP contribution in [0.25, 0.3) is 0 Å². The molecule has 0 spiro atoms. The maximum atomic E-state index is 12.2. The first-order valence-electron chi connectivity index (χ1n) is 7.56. The molecule has 118 valence electrons. The van der Waals surface area contributed by atoms with Crippen molar-refractivity contribution in [3.63, 3.8) is 0 Å². The van der Waals surface area contributed by atoms with Crippen LogP contribution in [-0.4, -0.2) is 53.1 Å². The van der Waals surface area contributed by atoms with Crippen molar-refractivity contribution in [2.24, 2.45) is 5.92 Å². The van der Waals surface area contributed by atoms with Crippen molar-refractivity contribution in [2.45, 2.75) is 51.1 Å². The molecule has 7 heteroatoms. The molecule has 0 radical (unpaired) electrons. The molecule has 0 saturated carbocycles. The van der Waals surface area contributed by atoms with Gasteiger partial charge in [0.2, 0.25) is 5.91 Å². The highest BCUT2D eigenvalue weighted by Gasteiger charge is 2.43. The van der Waals surface area contributed by atoms with Gasteiger partial charge in [-0.3, -0.25) is 9.59 Å². The van der Waals surface area contributed by atoms with E-state index in [4.69, 9.17) is 5.11 Å². The van der Waals surface area contributed by atoms with Crippen LogP contribution in [0.15, 0.2) is 0 Å². The van der Waals surface area contributed by atoms with Gasteiger partial charge in [-0.2, -0.15) is 0 Å². The minimum Gasteiger partial charge on any atom is -0.481 e. The first kappa shape index (κ1) is 15.6. The number of likely N-dealkylation sites (N-methyl/N-ethyl adjacent to an activating group) is 1. The first-order valence-corrected chi connectivity index (χ1v) is 7.56. The summed E-state index contributed by atoms with van der Waals surface area (Å²) in [5, 5.41) is 14.2. The normalized spacial score (nSPS) is 27.3. The topological polar surface area (TPSA) is 98.7 Å². The average molecular weight is 297 g/mol. The third-order valence-electron chi connectivity index (χ3n) is 4.30. The molecule has 0 aliphatic carbocycles. The van der Waals surface area contributed by atoms with Crippen LogP contribution in [0, 0.1) is 5.92 Å². The summed E-state index contributed by atoms with van der Waals surface area (Å²) in [6, 6.07) is 0.0206. The lowest BCUT2D eigenvalue weighted by Gasteiger charge is -2.38. The number of carbonyl (C=O) groups is 3. The van der Waals surface area contributed by atoms with Gasteiger partial charge in [-0.05, 0) is 38.5 Å². The number of carboxylic acids is 1. The van der Waals surface area contributed by atoms with E-state index in [1.165, 1.54) is 0 Å². The number of amides is 3. The number of carbonyl (C=O) groups excluding carboxylic acids is 2. The molecule has 2 heterocycles. The molecule has 2 unspecified atom stereocenters. The predicted octanol–water partition coefficient (Wildman–Crippen LogP) is 0.550. The zero-order valence-electron chi connectivity index (χ0n) is 12.3. The summed E-state index contributed by atoms with van der Waals surface area (Å²) in [5.74, 6) is -0.806. The van der Waals surface area contributed by atoms with Crippen molar-refractivity contribution in [1.82, 2.24) is 15.5 Å². The molecular weight excluding hydrogens is 274 g/mol. The fourth-order valence-corrected chi connectivity index (χ4v) is 3.54. The van der Waals surface area contributed by atoms with Gasteiger partial charge in [0, 0.05) is 25.0 Å². The first-order chi connectivity index (χ1) is 10.0. The molecule has 2 aliphatic rings. The van der Waals surface area contributed by atoms with Crippen molar-refractivity contribution >= 4 is 17.9 Å². The maximum Gasteiger partial charge on any atom is 0.318 e. The third-order valence-corrected chi connectivity index (χ3v) is 4.30. The Labute approximate surface area is 124 Å². The van der Waals surface area contributed by atoms with Gasteiger partial charge in [0.25, 0.3) is 0 Å². The summed E-state index contributed by atoms with van der Waals surface area (Å²) in [5.41, 5.74) is 0.